The van der Waals surface area contributed by atoms with E-state index in [1.807, 2.05) is 31.2 Å². The lowest BCUT2D eigenvalue weighted by Crippen LogP contribution is -2.44. The number of benzene rings is 1. The third kappa shape index (κ3) is 3.10. The van der Waals surface area contributed by atoms with Crippen molar-refractivity contribution in [2.24, 2.45) is 5.73 Å². The molecule has 2 aromatic heterocycles. The number of aryl methyl sites for hydroxylation is 1. The molecule has 1 aromatic carbocycles. The molecular formula is C20H23ClN6O. The molecule has 0 unspecified atom stereocenters. The van der Waals surface area contributed by atoms with E-state index in [1.54, 1.807) is 0 Å². The summed E-state index contributed by atoms with van der Waals surface area (Å²) in [7, 11) is 0. The Morgan fingerprint density at radius 3 is 2.79 bits per heavy atom. The fourth-order valence-electron chi connectivity index (χ4n) is 3.93. The summed E-state index contributed by atoms with van der Waals surface area (Å²) in [6.45, 7) is 2.63. The highest BCUT2D eigenvalue weighted by atomic mass is 35.5. The van der Waals surface area contributed by atoms with Crippen LogP contribution in [0, 0.1) is 6.92 Å². The molecule has 0 spiro atoms. The number of nitrogens with zero attached hydrogens (tertiary/aromatic N) is 2. The van der Waals surface area contributed by atoms with Gasteiger partial charge in [-0.15, -0.1) is 12.4 Å². The van der Waals surface area contributed by atoms with E-state index < -0.39 is 0 Å². The minimum absolute atomic E-state index is 0. The first kappa shape index (κ1) is 18.7. The van der Waals surface area contributed by atoms with E-state index >= 15 is 0 Å². The number of anilines is 1. The van der Waals surface area contributed by atoms with Crippen molar-refractivity contribution in [3.05, 3.63) is 41.2 Å². The number of hydrogen-bond donors (Lipinski definition) is 4. The molecule has 146 valence electrons. The van der Waals surface area contributed by atoms with Crippen LogP contribution in [0.4, 0.5) is 5.82 Å². The monoisotopic (exact) mass is 398 g/mol. The lowest BCUT2D eigenvalue weighted by atomic mass is 9.87. The minimum atomic E-state index is -0.0235. The summed E-state index contributed by atoms with van der Waals surface area (Å²) in [6.07, 6.45) is 2.73. The average molecular weight is 399 g/mol. The number of halogens is 1. The zero-order valence-electron chi connectivity index (χ0n) is 15.6. The zero-order valence-corrected chi connectivity index (χ0v) is 16.4. The van der Waals surface area contributed by atoms with Crippen molar-refractivity contribution in [3.63, 3.8) is 0 Å². The van der Waals surface area contributed by atoms with Crippen LogP contribution >= 0.6 is 12.4 Å². The number of aromatic nitrogens is 3. The molecule has 8 heteroatoms. The third-order valence-corrected chi connectivity index (χ3v) is 5.48. The maximum atomic E-state index is 12.1. The first-order chi connectivity index (χ1) is 13.1. The van der Waals surface area contributed by atoms with Crippen LogP contribution in [0.2, 0.25) is 0 Å². The quantitative estimate of drug-likeness (QED) is 0.542. The van der Waals surface area contributed by atoms with Gasteiger partial charge >= 0.3 is 0 Å². The Balaban J connectivity index is 0.00000192. The standard InChI is InChI=1S/C20H22N6O.ClH/c1-10-19(24-12-7-11(21)8-12)26-18-13(3-2-4-16(18)23-10)17-9-14-15(25-17)5-6-22-20(14)27;/h2-4,9,11-12,25H,5-8,21H2,1H3,(H,22,27)(H,24,26);1H. The van der Waals surface area contributed by atoms with Gasteiger partial charge in [0.1, 0.15) is 11.3 Å². The first-order valence-electron chi connectivity index (χ1n) is 9.38. The van der Waals surface area contributed by atoms with Crippen molar-refractivity contribution >= 4 is 35.2 Å². The Hall–Kier alpha value is -2.64. The molecule has 0 radical (unpaired) electrons. The number of para-hydroxylation sites is 1. The smallest absolute Gasteiger partial charge is 0.253 e. The minimum Gasteiger partial charge on any atom is -0.366 e. The van der Waals surface area contributed by atoms with Gasteiger partial charge in [-0.3, -0.25) is 4.79 Å². The molecule has 1 saturated carbocycles. The largest absolute Gasteiger partial charge is 0.366 e. The number of H-pyrrole nitrogens is 1. The van der Waals surface area contributed by atoms with Gasteiger partial charge in [0.05, 0.1) is 16.8 Å². The van der Waals surface area contributed by atoms with E-state index in [0.29, 0.717) is 12.6 Å². The second-order valence-electron chi connectivity index (χ2n) is 7.48. The van der Waals surface area contributed by atoms with Crippen molar-refractivity contribution in [1.82, 2.24) is 20.3 Å². The Labute approximate surface area is 168 Å². The Morgan fingerprint density at radius 2 is 2.04 bits per heavy atom. The maximum absolute atomic E-state index is 12.1. The summed E-state index contributed by atoms with van der Waals surface area (Å²) in [6, 6.07) is 8.52. The molecule has 0 atom stereocenters. The molecule has 0 bridgehead atoms. The van der Waals surface area contributed by atoms with Crippen LogP contribution in [0.1, 0.15) is 34.6 Å². The molecule has 1 aliphatic carbocycles. The highest BCUT2D eigenvalue weighted by Gasteiger charge is 2.27. The summed E-state index contributed by atoms with van der Waals surface area (Å²) < 4.78 is 0. The predicted molar refractivity (Wildman–Crippen MR) is 112 cm³/mol. The first-order valence-corrected chi connectivity index (χ1v) is 9.38. The van der Waals surface area contributed by atoms with Crippen molar-refractivity contribution in [2.45, 2.75) is 38.3 Å². The SMILES string of the molecule is Cc1nc2cccc(-c3cc4c([nH]3)CCNC4=O)c2nc1NC1CC(N)C1.Cl. The van der Waals surface area contributed by atoms with Crippen molar-refractivity contribution in [1.29, 1.82) is 0 Å². The van der Waals surface area contributed by atoms with Crippen molar-refractivity contribution in [3.8, 4) is 11.3 Å². The predicted octanol–water partition coefficient (Wildman–Crippen LogP) is 2.54. The second-order valence-corrected chi connectivity index (χ2v) is 7.48. The number of nitrogens with one attached hydrogen (secondary N) is 3. The molecule has 5 N–H and O–H groups in total. The van der Waals surface area contributed by atoms with Gasteiger partial charge in [0.25, 0.3) is 5.91 Å². The van der Waals surface area contributed by atoms with E-state index in [9.17, 15) is 4.79 Å². The molecule has 1 amide bonds. The van der Waals surface area contributed by atoms with Gasteiger partial charge in [-0.25, -0.2) is 9.97 Å². The molecule has 1 fully saturated rings. The molecule has 3 aromatic rings. The molecular weight excluding hydrogens is 376 g/mol. The number of aromatic amines is 1. The van der Waals surface area contributed by atoms with Crippen LogP contribution in [0.5, 0.6) is 0 Å². The molecule has 3 heterocycles. The fraction of sp³-hybridized carbons (Fsp3) is 0.350. The van der Waals surface area contributed by atoms with Crippen molar-refractivity contribution < 1.29 is 4.79 Å². The third-order valence-electron chi connectivity index (χ3n) is 5.48. The molecule has 0 saturated heterocycles. The van der Waals surface area contributed by atoms with E-state index in [2.05, 4.69) is 15.6 Å². The number of carbonyl (C=O) groups is 1. The summed E-state index contributed by atoms with van der Waals surface area (Å²) >= 11 is 0. The summed E-state index contributed by atoms with van der Waals surface area (Å²) in [5, 5.41) is 6.36. The molecule has 28 heavy (non-hydrogen) atoms. The fourth-order valence-corrected chi connectivity index (χ4v) is 3.93. The average Bonchev–Trinajstić information content (AvgIpc) is 3.06. The number of hydrogen-bond acceptors (Lipinski definition) is 5. The summed E-state index contributed by atoms with van der Waals surface area (Å²) in [4.78, 5) is 25.1. The van der Waals surface area contributed by atoms with Crippen molar-refractivity contribution in [2.75, 3.05) is 11.9 Å². The Morgan fingerprint density at radius 1 is 1.21 bits per heavy atom. The molecule has 7 nitrogen and oxygen atoms in total. The van der Waals surface area contributed by atoms with E-state index in [4.69, 9.17) is 15.7 Å². The van der Waals surface area contributed by atoms with E-state index in [0.717, 1.165) is 64.3 Å². The van der Waals surface area contributed by atoms with Crippen LogP contribution in [-0.2, 0) is 6.42 Å². The number of carbonyl (C=O) groups excluding carboxylic acids is 1. The highest BCUT2D eigenvalue weighted by molar-refractivity contribution is 5.99. The molecule has 2 aliphatic rings. The van der Waals surface area contributed by atoms with Gasteiger partial charge in [-0.2, -0.15) is 0 Å². The van der Waals surface area contributed by atoms with Gasteiger partial charge in [0.15, 0.2) is 0 Å². The van der Waals surface area contributed by atoms with Gasteiger partial charge in [-0.05, 0) is 31.9 Å². The number of fused-ring (bicyclic) bond motifs is 2. The van der Waals surface area contributed by atoms with Crippen LogP contribution in [0.25, 0.3) is 22.3 Å². The molecule has 1 aliphatic heterocycles. The second kappa shape index (κ2) is 7.07. The Kier molecular flexibility index (Phi) is 4.72. The lowest BCUT2D eigenvalue weighted by Gasteiger charge is -2.33. The molecule has 5 rings (SSSR count). The van der Waals surface area contributed by atoms with E-state index in [1.165, 1.54) is 0 Å². The Bertz CT molecular complexity index is 1060. The number of rotatable bonds is 3. The normalized spacial score (nSPS) is 20.7. The van der Waals surface area contributed by atoms with Crippen LogP contribution < -0.4 is 16.4 Å². The van der Waals surface area contributed by atoms with Gasteiger partial charge < -0.3 is 21.4 Å². The zero-order chi connectivity index (χ0) is 18.5. The number of amides is 1. The van der Waals surface area contributed by atoms with Gasteiger partial charge in [0, 0.05) is 42.0 Å². The summed E-state index contributed by atoms with van der Waals surface area (Å²) in [5.74, 6) is 0.783. The van der Waals surface area contributed by atoms with Crippen LogP contribution in [-0.4, -0.2) is 39.5 Å². The topological polar surface area (TPSA) is 109 Å². The van der Waals surface area contributed by atoms with E-state index in [-0.39, 0.29) is 24.4 Å². The van der Waals surface area contributed by atoms with Crippen LogP contribution in [0.3, 0.4) is 0 Å². The van der Waals surface area contributed by atoms with Crippen LogP contribution in [0.15, 0.2) is 24.3 Å². The highest BCUT2D eigenvalue weighted by Crippen LogP contribution is 2.31. The lowest BCUT2D eigenvalue weighted by molar-refractivity contribution is 0.0946. The maximum Gasteiger partial charge on any atom is 0.253 e. The summed E-state index contributed by atoms with van der Waals surface area (Å²) in [5.41, 5.74) is 12.0. The number of nitrogens with two attached hydrogens (primary N) is 1. The van der Waals surface area contributed by atoms with Gasteiger partial charge in [0.2, 0.25) is 0 Å². The van der Waals surface area contributed by atoms with Gasteiger partial charge in [-0.1, -0.05) is 12.1 Å².